The molecule has 1 atom stereocenters. The minimum Gasteiger partial charge on any atom is -0.316 e. The molecular formula is C15H32N2. The van der Waals surface area contributed by atoms with Gasteiger partial charge >= 0.3 is 0 Å². The molecule has 0 radical (unpaired) electrons. The van der Waals surface area contributed by atoms with E-state index in [0.29, 0.717) is 11.5 Å². The Labute approximate surface area is 108 Å². The van der Waals surface area contributed by atoms with Crippen molar-refractivity contribution in [3.05, 3.63) is 0 Å². The summed E-state index contributed by atoms with van der Waals surface area (Å²) in [4.78, 5) is 2.64. The van der Waals surface area contributed by atoms with Gasteiger partial charge in [-0.1, -0.05) is 34.1 Å². The highest BCUT2D eigenvalue weighted by Gasteiger charge is 2.24. The van der Waals surface area contributed by atoms with Gasteiger partial charge in [0.05, 0.1) is 0 Å². The van der Waals surface area contributed by atoms with Crippen LogP contribution in [0.3, 0.4) is 0 Å². The second kappa shape index (κ2) is 6.75. The number of hydrogen-bond acceptors (Lipinski definition) is 2. The molecule has 1 rings (SSSR count). The van der Waals surface area contributed by atoms with E-state index in [1.807, 2.05) is 0 Å². The fraction of sp³-hybridized carbons (Fsp3) is 1.00. The molecule has 2 heteroatoms. The van der Waals surface area contributed by atoms with Crippen LogP contribution in [0.5, 0.6) is 0 Å². The Bertz CT molecular complexity index is 203. The van der Waals surface area contributed by atoms with Gasteiger partial charge in [-0.15, -0.1) is 0 Å². The van der Waals surface area contributed by atoms with Gasteiger partial charge in [-0.2, -0.15) is 0 Å². The number of rotatable bonds is 7. The minimum atomic E-state index is 0.366. The molecule has 0 aromatic rings. The summed E-state index contributed by atoms with van der Waals surface area (Å²) in [5.74, 6) is 0.998. The highest BCUT2D eigenvalue weighted by atomic mass is 15.1. The highest BCUT2D eigenvalue weighted by Crippen LogP contribution is 2.27. The molecule has 0 aliphatic heterocycles. The summed E-state index contributed by atoms with van der Waals surface area (Å²) in [5.41, 5.74) is 0.366. The monoisotopic (exact) mass is 240 g/mol. The summed E-state index contributed by atoms with van der Waals surface area (Å²) >= 11 is 0. The molecule has 1 N–H and O–H groups in total. The average molecular weight is 240 g/mol. The van der Waals surface area contributed by atoms with Gasteiger partial charge in [-0.05, 0) is 50.7 Å². The molecule has 0 amide bonds. The minimum absolute atomic E-state index is 0.366. The van der Waals surface area contributed by atoms with Crippen molar-refractivity contribution < 1.29 is 0 Å². The summed E-state index contributed by atoms with van der Waals surface area (Å²) in [5, 5.41) is 3.48. The van der Waals surface area contributed by atoms with Crippen LogP contribution >= 0.6 is 0 Å². The second-order valence-corrected chi connectivity index (χ2v) is 6.69. The van der Waals surface area contributed by atoms with Crippen LogP contribution in [-0.2, 0) is 0 Å². The van der Waals surface area contributed by atoms with E-state index in [-0.39, 0.29) is 0 Å². The van der Waals surface area contributed by atoms with E-state index in [9.17, 15) is 0 Å². The molecular weight excluding hydrogens is 208 g/mol. The van der Waals surface area contributed by atoms with Gasteiger partial charge in [0.1, 0.15) is 0 Å². The molecule has 1 aliphatic rings. The van der Waals surface area contributed by atoms with Crippen LogP contribution in [0.1, 0.15) is 53.4 Å². The van der Waals surface area contributed by atoms with Crippen LogP contribution in [0.15, 0.2) is 0 Å². The molecule has 0 aromatic carbocycles. The second-order valence-electron chi connectivity index (χ2n) is 6.69. The van der Waals surface area contributed by atoms with E-state index in [2.05, 4.69) is 45.0 Å². The van der Waals surface area contributed by atoms with Gasteiger partial charge in [0.2, 0.25) is 0 Å². The molecule has 0 aromatic heterocycles. The lowest BCUT2D eigenvalue weighted by Gasteiger charge is -2.35. The van der Waals surface area contributed by atoms with E-state index >= 15 is 0 Å². The van der Waals surface area contributed by atoms with E-state index in [0.717, 1.165) is 5.92 Å². The van der Waals surface area contributed by atoms with Gasteiger partial charge in [0, 0.05) is 12.6 Å². The number of hydrogen-bond donors (Lipinski definition) is 1. The van der Waals surface area contributed by atoms with E-state index in [1.165, 1.54) is 45.3 Å². The first-order chi connectivity index (χ1) is 7.97. The van der Waals surface area contributed by atoms with E-state index in [4.69, 9.17) is 0 Å². The summed E-state index contributed by atoms with van der Waals surface area (Å²) in [6.45, 7) is 13.1. The Morgan fingerprint density at radius 3 is 2.29 bits per heavy atom. The predicted molar refractivity (Wildman–Crippen MR) is 76.4 cm³/mol. The maximum Gasteiger partial charge on any atom is 0.0125 e. The first kappa shape index (κ1) is 15.0. The summed E-state index contributed by atoms with van der Waals surface area (Å²) in [7, 11) is 2.10. The lowest BCUT2D eigenvalue weighted by molar-refractivity contribution is 0.163. The normalized spacial score (nSPS) is 19.4. The van der Waals surface area contributed by atoms with Crippen molar-refractivity contribution in [2.24, 2.45) is 11.3 Å². The first-order valence-corrected chi connectivity index (χ1v) is 7.37. The third kappa shape index (κ3) is 4.97. The maximum absolute atomic E-state index is 3.48. The van der Waals surface area contributed by atoms with Crippen LogP contribution < -0.4 is 5.32 Å². The molecule has 2 nitrogen and oxygen atoms in total. The van der Waals surface area contributed by atoms with Crippen molar-refractivity contribution in [3.63, 3.8) is 0 Å². The topological polar surface area (TPSA) is 15.3 Å². The van der Waals surface area contributed by atoms with Gasteiger partial charge in [-0.25, -0.2) is 0 Å². The Balaban J connectivity index is 2.29. The molecule has 1 fully saturated rings. The smallest absolute Gasteiger partial charge is 0.0125 e. The molecule has 1 aliphatic carbocycles. The highest BCUT2D eigenvalue weighted by molar-refractivity contribution is 4.81. The van der Waals surface area contributed by atoms with Crippen molar-refractivity contribution in [2.75, 3.05) is 26.7 Å². The lowest BCUT2D eigenvalue weighted by Crippen LogP contribution is -2.42. The summed E-state index contributed by atoms with van der Waals surface area (Å²) < 4.78 is 0. The standard InChI is InChI=1S/C15H32N2/c1-6-17(12-13-8-7-9-13)11-10-14(16-5)15(2,3)4/h13-14,16H,6-12H2,1-5H3. The SMILES string of the molecule is CCN(CCC(NC)C(C)(C)C)CC1CCC1. The summed E-state index contributed by atoms with van der Waals surface area (Å²) in [6, 6.07) is 0.623. The largest absolute Gasteiger partial charge is 0.316 e. The third-order valence-corrected chi connectivity index (χ3v) is 4.32. The molecule has 1 saturated carbocycles. The van der Waals surface area contributed by atoms with Gasteiger partial charge < -0.3 is 10.2 Å². The Morgan fingerprint density at radius 2 is 1.94 bits per heavy atom. The Morgan fingerprint density at radius 1 is 1.29 bits per heavy atom. The first-order valence-electron chi connectivity index (χ1n) is 7.37. The fourth-order valence-electron chi connectivity index (χ4n) is 2.74. The van der Waals surface area contributed by atoms with Crippen LogP contribution in [0.4, 0.5) is 0 Å². The molecule has 0 heterocycles. The van der Waals surface area contributed by atoms with Crippen molar-refractivity contribution >= 4 is 0 Å². The molecule has 0 bridgehead atoms. The van der Waals surface area contributed by atoms with Crippen molar-refractivity contribution in [1.82, 2.24) is 10.2 Å². The van der Waals surface area contributed by atoms with Gasteiger partial charge in [-0.3, -0.25) is 0 Å². The number of nitrogens with one attached hydrogen (secondary N) is 1. The van der Waals surface area contributed by atoms with Crippen LogP contribution in [0.2, 0.25) is 0 Å². The van der Waals surface area contributed by atoms with Gasteiger partial charge in [0.15, 0.2) is 0 Å². The van der Waals surface area contributed by atoms with E-state index in [1.54, 1.807) is 0 Å². The van der Waals surface area contributed by atoms with Crippen LogP contribution in [0, 0.1) is 11.3 Å². The molecule has 0 spiro atoms. The zero-order chi connectivity index (χ0) is 12.9. The zero-order valence-electron chi connectivity index (χ0n) is 12.6. The lowest BCUT2D eigenvalue weighted by atomic mass is 9.83. The Hall–Kier alpha value is -0.0800. The van der Waals surface area contributed by atoms with Crippen molar-refractivity contribution in [3.8, 4) is 0 Å². The quantitative estimate of drug-likeness (QED) is 0.735. The zero-order valence-corrected chi connectivity index (χ0v) is 12.6. The number of nitrogens with zero attached hydrogens (tertiary/aromatic N) is 1. The third-order valence-electron chi connectivity index (χ3n) is 4.32. The predicted octanol–water partition coefficient (Wildman–Crippen LogP) is 3.13. The molecule has 1 unspecified atom stereocenters. The van der Waals surface area contributed by atoms with Crippen molar-refractivity contribution in [2.45, 2.75) is 59.4 Å². The van der Waals surface area contributed by atoms with Gasteiger partial charge in [0.25, 0.3) is 0 Å². The molecule has 102 valence electrons. The van der Waals surface area contributed by atoms with E-state index < -0.39 is 0 Å². The Kier molecular flexibility index (Phi) is 5.94. The maximum atomic E-state index is 3.48. The van der Waals surface area contributed by atoms with Crippen molar-refractivity contribution in [1.29, 1.82) is 0 Å². The van der Waals surface area contributed by atoms with Crippen LogP contribution in [-0.4, -0.2) is 37.6 Å². The fourth-order valence-corrected chi connectivity index (χ4v) is 2.74. The molecule has 17 heavy (non-hydrogen) atoms. The van der Waals surface area contributed by atoms with Crippen LogP contribution in [0.25, 0.3) is 0 Å². The summed E-state index contributed by atoms with van der Waals surface area (Å²) in [6.07, 6.45) is 5.65. The molecule has 0 saturated heterocycles. The average Bonchev–Trinajstić information content (AvgIpc) is 2.18.